The molecule has 0 aliphatic carbocycles. The van der Waals surface area contributed by atoms with Gasteiger partial charge < -0.3 is 10.2 Å². The molecule has 7 heteroatoms. The van der Waals surface area contributed by atoms with Gasteiger partial charge in [-0.3, -0.25) is 0 Å². The SMILES string of the molecule is CC(C)CS(=O)(=O)C1CCN(C(=O)Nc2cccc(Cl)c2)CC1. The van der Waals surface area contributed by atoms with Gasteiger partial charge in [0.2, 0.25) is 0 Å². The number of hydrogen-bond acceptors (Lipinski definition) is 3. The van der Waals surface area contributed by atoms with Crippen molar-refractivity contribution >= 4 is 33.2 Å². The first kappa shape index (κ1) is 18.1. The Morgan fingerprint density at radius 1 is 1.35 bits per heavy atom. The lowest BCUT2D eigenvalue weighted by atomic mass is 10.1. The molecule has 23 heavy (non-hydrogen) atoms. The zero-order chi connectivity index (χ0) is 17.0. The highest BCUT2D eigenvalue weighted by atomic mass is 35.5. The van der Waals surface area contributed by atoms with Crippen LogP contribution in [-0.4, -0.2) is 43.4 Å². The van der Waals surface area contributed by atoms with E-state index in [4.69, 9.17) is 11.6 Å². The van der Waals surface area contributed by atoms with Crippen LogP contribution in [0.3, 0.4) is 0 Å². The Morgan fingerprint density at radius 3 is 2.57 bits per heavy atom. The number of hydrogen-bond donors (Lipinski definition) is 1. The second-order valence-corrected chi connectivity index (χ2v) is 9.11. The Morgan fingerprint density at radius 2 is 2.00 bits per heavy atom. The molecule has 1 aliphatic rings. The number of carbonyl (C=O) groups excluding carboxylic acids is 1. The largest absolute Gasteiger partial charge is 0.324 e. The number of halogens is 1. The fourth-order valence-electron chi connectivity index (χ4n) is 2.79. The Kier molecular flexibility index (Phi) is 5.92. The smallest absolute Gasteiger partial charge is 0.321 e. The van der Waals surface area contributed by atoms with Gasteiger partial charge in [0, 0.05) is 23.8 Å². The maximum Gasteiger partial charge on any atom is 0.321 e. The molecule has 1 fully saturated rings. The molecule has 128 valence electrons. The van der Waals surface area contributed by atoms with Crippen molar-refractivity contribution < 1.29 is 13.2 Å². The van der Waals surface area contributed by atoms with Gasteiger partial charge in [-0.2, -0.15) is 0 Å². The minimum Gasteiger partial charge on any atom is -0.324 e. The first-order valence-corrected chi connectivity index (χ1v) is 9.90. The van der Waals surface area contributed by atoms with Gasteiger partial charge in [0.25, 0.3) is 0 Å². The van der Waals surface area contributed by atoms with E-state index in [1.165, 1.54) is 0 Å². The average molecular weight is 359 g/mol. The van der Waals surface area contributed by atoms with Crippen molar-refractivity contribution in [3.8, 4) is 0 Å². The average Bonchev–Trinajstić information content (AvgIpc) is 2.46. The predicted molar refractivity (Wildman–Crippen MR) is 93.7 cm³/mol. The summed E-state index contributed by atoms with van der Waals surface area (Å²) in [6, 6.07) is 6.74. The molecule has 1 aromatic rings. The van der Waals surface area contributed by atoms with E-state index in [-0.39, 0.29) is 23.0 Å². The Balaban J connectivity index is 1.90. The standard InChI is InChI=1S/C16H23ClN2O3S/c1-12(2)11-23(21,22)15-6-8-19(9-7-15)16(20)18-14-5-3-4-13(17)10-14/h3-5,10,12,15H,6-9,11H2,1-2H3,(H,18,20). The number of piperidine rings is 1. The van der Waals surface area contributed by atoms with Crippen LogP contribution in [0.15, 0.2) is 24.3 Å². The van der Waals surface area contributed by atoms with Gasteiger partial charge in [0.1, 0.15) is 0 Å². The maximum atomic E-state index is 12.3. The van der Waals surface area contributed by atoms with Crippen molar-refractivity contribution in [2.24, 2.45) is 5.92 Å². The molecule has 2 rings (SSSR count). The predicted octanol–water partition coefficient (Wildman–Crippen LogP) is 3.41. The van der Waals surface area contributed by atoms with E-state index in [9.17, 15) is 13.2 Å². The first-order valence-electron chi connectivity index (χ1n) is 7.81. The molecular weight excluding hydrogens is 336 g/mol. The number of nitrogens with zero attached hydrogens (tertiary/aromatic N) is 1. The van der Waals surface area contributed by atoms with E-state index < -0.39 is 9.84 Å². The van der Waals surface area contributed by atoms with Gasteiger partial charge in [-0.15, -0.1) is 0 Å². The van der Waals surface area contributed by atoms with E-state index in [1.807, 2.05) is 13.8 Å². The van der Waals surface area contributed by atoms with Gasteiger partial charge in [0.05, 0.1) is 11.0 Å². The zero-order valence-corrected chi connectivity index (χ0v) is 15.0. The molecule has 1 saturated heterocycles. The molecule has 0 radical (unpaired) electrons. The van der Waals surface area contributed by atoms with Crippen LogP contribution in [0, 0.1) is 5.92 Å². The van der Waals surface area contributed by atoms with Crippen molar-refractivity contribution in [1.82, 2.24) is 4.90 Å². The molecule has 5 nitrogen and oxygen atoms in total. The highest BCUT2D eigenvalue weighted by molar-refractivity contribution is 7.92. The molecule has 0 aromatic heterocycles. The number of sulfone groups is 1. The molecule has 0 spiro atoms. The molecule has 1 aliphatic heterocycles. The summed E-state index contributed by atoms with van der Waals surface area (Å²) in [5, 5.41) is 3.01. The number of carbonyl (C=O) groups is 1. The summed E-state index contributed by atoms with van der Waals surface area (Å²) < 4.78 is 24.5. The van der Waals surface area contributed by atoms with Crippen LogP contribution in [0.1, 0.15) is 26.7 Å². The molecule has 0 atom stereocenters. The van der Waals surface area contributed by atoms with Crippen molar-refractivity contribution in [2.75, 3.05) is 24.2 Å². The molecule has 1 aromatic carbocycles. The van der Waals surface area contributed by atoms with Crippen LogP contribution in [0.25, 0.3) is 0 Å². The third kappa shape index (κ3) is 5.11. The summed E-state index contributed by atoms with van der Waals surface area (Å²) in [4.78, 5) is 13.9. The van der Waals surface area contributed by atoms with Gasteiger partial charge in [-0.1, -0.05) is 31.5 Å². The number of urea groups is 1. The number of likely N-dealkylation sites (tertiary alicyclic amines) is 1. The van der Waals surface area contributed by atoms with E-state index in [0.717, 1.165) is 0 Å². The number of amides is 2. The topological polar surface area (TPSA) is 66.5 Å². The highest BCUT2D eigenvalue weighted by Crippen LogP contribution is 2.21. The Hall–Kier alpha value is -1.27. The van der Waals surface area contributed by atoms with Crippen LogP contribution >= 0.6 is 11.6 Å². The Bertz CT molecular complexity index is 653. The van der Waals surface area contributed by atoms with Crippen LogP contribution in [0.2, 0.25) is 5.02 Å². The molecule has 0 saturated carbocycles. The van der Waals surface area contributed by atoms with Crippen molar-refractivity contribution in [3.05, 3.63) is 29.3 Å². The molecule has 2 amide bonds. The van der Waals surface area contributed by atoms with Crippen LogP contribution < -0.4 is 5.32 Å². The van der Waals surface area contributed by atoms with Crippen molar-refractivity contribution in [2.45, 2.75) is 31.9 Å². The van der Waals surface area contributed by atoms with Crippen LogP contribution in [-0.2, 0) is 9.84 Å². The summed E-state index contributed by atoms with van der Waals surface area (Å²) in [6.07, 6.45) is 0.996. The minimum absolute atomic E-state index is 0.129. The highest BCUT2D eigenvalue weighted by Gasteiger charge is 2.31. The summed E-state index contributed by atoms with van der Waals surface area (Å²) in [6.45, 7) is 4.72. The monoisotopic (exact) mass is 358 g/mol. The van der Waals surface area contributed by atoms with Gasteiger partial charge in [0.15, 0.2) is 9.84 Å². The van der Waals surface area contributed by atoms with Crippen LogP contribution in [0.4, 0.5) is 10.5 Å². The maximum absolute atomic E-state index is 12.3. The van der Waals surface area contributed by atoms with Gasteiger partial charge in [-0.25, -0.2) is 13.2 Å². The zero-order valence-electron chi connectivity index (χ0n) is 13.5. The van der Waals surface area contributed by atoms with E-state index in [0.29, 0.717) is 36.6 Å². The number of anilines is 1. The summed E-state index contributed by atoms with van der Waals surface area (Å²) in [5.41, 5.74) is 0.636. The van der Waals surface area contributed by atoms with E-state index in [1.54, 1.807) is 29.2 Å². The summed E-state index contributed by atoms with van der Waals surface area (Å²) in [5.74, 6) is 0.344. The number of benzene rings is 1. The molecule has 1 N–H and O–H groups in total. The lowest BCUT2D eigenvalue weighted by Crippen LogP contribution is -2.45. The molecule has 0 unspecified atom stereocenters. The van der Waals surface area contributed by atoms with Crippen molar-refractivity contribution in [3.63, 3.8) is 0 Å². The quantitative estimate of drug-likeness (QED) is 0.896. The number of nitrogens with one attached hydrogen (secondary N) is 1. The van der Waals surface area contributed by atoms with E-state index in [2.05, 4.69) is 5.32 Å². The van der Waals surface area contributed by atoms with Gasteiger partial charge >= 0.3 is 6.03 Å². The molecular formula is C16H23ClN2O3S. The fourth-order valence-corrected chi connectivity index (χ4v) is 5.11. The van der Waals surface area contributed by atoms with Crippen LogP contribution in [0.5, 0.6) is 0 Å². The second kappa shape index (κ2) is 7.53. The lowest BCUT2D eigenvalue weighted by Gasteiger charge is -2.32. The second-order valence-electron chi connectivity index (χ2n) is 6.35. The van der Waals surface area contributed by atoms with Gasteiger partial charge in [-0.05, 0) is 37.0 Å². The molecule has 1 heterocycles. The first-order chi connectivity index (χ1) is 10.8. The lowest BCUT2D eigenvalue weighted by molar-refractivity contribution is 0.200. The third-order valence-corrected chi connectivity index (χ3v) is 6.73. The fraction of sp³-hybridized carbons (Fsp3) is 0.562. The normalized spacial score (nSPS) is 16.6. The summed E-state index contributed by atoms with van der Waals surface area (Å²) in [7, 11) is -3.07. The summed E-state index contributed by atoms with van der Waals surface area (Å²) >= 11 is 5.89. The Labute approximate surface area is 142 Å². The minimum atomic E-state index is -3.07. The van der Waals surface area contributed by atoms with E-state index >= 15 is 0 Å². The van der Waals surface area contributed by atoms with Crippen molar-refractivity contribution in [1.29, 1.82) is 0 Å². The molecule has 0 bridgehead atoms. The number of rotatable bonds is 4. The third-order valence-electron chi connectivity index (χ3n) is 3.88.